The van der Waals surface area contributed by atoms with E-state index in [2.05, 4.69) is 0 Å². The van der Waals surface area contributed by atoms with Crippen LogP contribution in [0.5, 0.6) is 0 Å². The van der Waals surface area contributed by atoms with Crippen LogP contribution in [-0.4, -0.2) is 38.0 Å². The molecule has 2 rings (SSSR count). The second kappa shape index (κ2) is 4.75. The molecule has 2 unspecified atom stereocenters. The van der Waals surface area contributed by atoms with Gasteiger partial charge in [0.25, 0.3) is 0 Å². The maximum absolute atomic E-state index is 10.3. The van der Waals surface area contributed by atoms with Crippen molar-refractivity contribution in [2.75, 3.05) is 13.2 Å². The third kappa shape index (κ3) is 2.07. The highest BCUT2D eigenvalue weighted by Gasteiger charge is 2.36. The summed E-state index contributed by atoms with van der Waals surface area (Å²) in [4.78, 5) is 10.3. The maximum atomic E-state index is 10.3. The smallest absolute Gasteiger partial charge is 0.417 e. The summed E-state index contributed by atoms with van der Waals surface area (Å²) in [5.41, 5.74) is 0. The summed E-state index contributed by atoms with van der Waals surface area (Å²) in [6.45, 7) is 3.03. The van der Waals surface area contributed by atoms with Crippen molar-refractivity contribution in [2.45, 2.75) is 44.0 Å². The molecular formula is C10H15O4. The van der Waals surface area contributed by atoms with Crippen molar-refractivity contribution in [2.24, 2.45) is 0 Å². The van der Waals surface area contributed by atoms with Crippen molar-refractivity contribution in [3.8, 4) is 0 Å². The van der Waals surface area contributed by atoms with Crippen LogP contribution in [0.4, 0.5) is 0 Å². The van der Waals surface area contributed by atoms with Crippen LogP contribution in [0, 0.1) is 0 Å². The first-order valence-corrected chi connectivity index (χ1v) is 5.18. The van der Waals surface area contributed by atoms with Crippen LogP contribution in [-0.2, 0) is 19.0 Å². The average Bonchev–Trinajstić information content (AvgIpc) is 2.87. The SMILES string of the molecule is O=[C]OC(C1CCCO1)C1CCCO1. The fraction of sp³-hybridized carbons (Fsp3) is 0.900. The predicted molar refractivity (Wildman–Crippen MR) is 48.5 cm³/mol. The Morgan fingerprint density at radius 2 is 1.71 bits per heavy atom. The van der Waals surface area contributed by atoms with Gasteiger partial charge in [-0.15, -0.1) is 0 Å². The van der Waals surface area contributed by atoms with E-state index in [-0.39, 0.29) is 18.3 Å². The standard InChI is InChI=1S/C10H15O4/c11-7-14-10(8-3-1-5-12-8)9-4-2-6-13-9/h8-10H,1-6H2. The maximum Gasteiger partial charge on any atom is 0.417 e. The quantitative estimate of drug-likeness (QED) is 0.671. The Kier molecular flexibility index (Phi) is 3.37. The van der Waals surface area contributed by atoms with Gasteiger partial charge in [-0.1, -0.05) is 0 Å². The van der Waals surface area contributed by atoms with Crippen LogP contribution in [0.1, 0.15) is 25.7 Å². The van der Waals surface area contributed by atoms with E-state index < -0.39 is 0 Å². The Morgan fingerprint density at radius 3 is 2.07 bits per heavy atom. The summed E-state index contributed by atoms with van der Waals surface area (Å²) < 4.78 is 15.9. The first kappa shape index (κ1) is 9.93. The molecule has 1 radical (unpaired) electrons. The summed E-state index contributed by atoms with van der Waals surface area (Å²) in [7, 11) is 0. The van der Waals surface area contributed by atoms with Gasteiger partial charge >= 0.3 is 6.47 Å². The molecule has 0 aromatic heterocycles. The molecule has 0 aliphatic carbocycles. The lowest BCUT2D eigenvalue weighted by Crippen LogP contribution is -2.38. The summed E-state index contributed by atoms with van der Waals surface area (Å²) in [6, 6.07) is 0. The Balaban J connectivity index is 1.94. The van der Waals surface area contributed by atoms with Crippen molar-refractivity contribution in [3.63, 3.8) is 0 Å². The van der Waals surface area contributed by atoms with E-state index in [1.54, 1.807) is 0 Å². The van der Waals surface area contributed by atoms with Crippen molar-refractivity contribution < 1.29 is 19.0 Å². The molecule has 4 heteroatoms. The molecular weight excluding hydrogens is 184 g/mol. The minimum atomic E-state index is -0.252. The van der Waals surface area contributed by atoms with Crippen LogP contribution >= 0.6 is 0 Å². The molecule has 2 atom stereocenters. The zero-order chi connectivity index (χ0) is 9.80. The molecule has 0 bridgehead atoms. The van der Waals surface area contributed by atoms with Crippen molar-refractivity contribution in [1.82, 2.24) is 0 Å². The minimum absolute atomic E-state index is 0.0135. The minimum Gasteiger partial charge on any atom is -0.448 e. The average molecular weight is 199 g/mol. The monoisotopic (exact) mass is 199 g/mol. The molecule has 14 heavy (non-hydrogen) atoms. The van der Waals surface area contributed by atoms with Gasteiger partial charge in [0.05, 0.1) is 12.2 Å². The molecule has 0 amide bonds. The molecule has 2 heterocycles. The largest absolute Gasteiger partial charge is 0.448 e. The van der Waals surface area contributed by atoms with Crippen molar-refractivity contribution in [1.29, 1.82) is 0 Å². The lowest BCUT2D eigenvalue weighted by molar-refractivity contribution is -0.0687. The molecule has 2 aliphatic heterocycles. The lowest BCUT2D eigenvalue weighted by Gasteiger charge is -2.25. The summed E-state index contributed by atoms with van der Waals surface area (Å²) in [6.07, 6.45) is 3.75. The summed E-state index contributed by atoms with van der Waals surface area (Å²) in [5.74, 6) is 0. The molecule has 4 nitrogen and oxygen atoms in total. The molecule has 2 fully saturated rings. The van der Waals surface area contributed by atoms with Gasteiger partial charge in [-0.25, -0.2) is 4.79 Å². The zero-order valence-electron chi connectivity index (χ0n) is 8.11. The molecule has 0 aromatic carbocycles. The molecule has 0 spiro atoms. The second-order valence-corrected chi connectivity index (χ2v) is 3.77. The topological polar surface area (TPSA) is 44.8 Å². The van der Waals surface area contributed by atoms with Gasteiger partial charge in [0, 0.05) is 13.2 Å². The van der Waals surface area contributed by atoms with Gasteiger partial charge in [0.1, 0.15) is 0 Å². The normalized spacial score (nSPS) is 34.3. The van der Waals surface area contributed by atoms with Crippen LogP contribution in [0.2, 0.25) is 0 Å². The Labute approximate surface area is 83.5 Å². The molecule has 0 aromatic rings. The molecule has 0 N–H and O–H groups in total. The third-order valence-electron chi connectivity index (χ3n) is 2.85. The highest BCUT2D eigenvalue weighted by atomic mass is 16.6. The van der Waals surface area contributed by atoms with Gasteiger partial charge in [-0.05, 0) is 25.7 Å². The van der Waals surface area contributed by atoms with Gasteiger partial charge in [0.2, 0.25) is 0 Å². The van der Waals surface area contributed by atoms with Crippen LogP contribution in [0.3, 0.4) is 0 Å². The van der Waals surface area contributed by atoms with Crippen LogP contribution < -0.4 is 0 Å². The van der Waals surface area contributed by atoms with Gasteiger partial charge in [-0.2, -0.15) is 0 Å². The Bertz CT molecular complexity index is 167. The Morgan fingerprint density at radius 1 is 1.14 bits per heavy atom. The van der Waals surface area contributed by atoms with Crippen LogP contribution in [0.25, 0.3) is 0 Å². The number of carbonyl (C=O) groups excluding carboxylic acids is 1. The third-order valence-corrected chi connectivity index (χ3v) is 2.85. The Hall–Kier alpha value is -0.610. The number of hydrogen-bond donors (Lipinski definition) is 0. The molecule has 2 aliphatic rings. The first-order valence-electron chi connectivity index (χ1n) is 5.18. The zero-order valence-corrected chi connectivity index (χ0v) is 8.11. The van der Waals surface area contributed by atoms with E-state index in [4.69, 9.17) is 14.2 Å². The number of hydrogen-bond acceptors (Lipinski definition) is 4. The molecule has 2 saturated heterocycles. The lowest BCUT2D eigenvalue weighted by atomic mass is 10.0. The predicted octanol–water partition coefficient (Wildman–Crippen LogP) is 0.797. The second-order valence-electron chi connectivity index (χ2n) is 3.77. The number of ether oxygens (including phenoxy) is 3. The van der Waals surface area contributed by atoms with E-state index in [0.29, 0.717) is 0 Å². The van der Waals surface area contributed by atoms with E-state index in [1.165, 1.54) is 6.47 Å². The summed E-state index contributed by atoms with van der Waals surface area (Å²) in [5, 5.41) is 0. The van der Waals surface area contributed by atoms with Gasteiger partial charge < -0.3 is 14.2 Å². The highest BCUT2D eigenvalue weighted by molar-refractivity contribution is 5.39. The fourth-order valence-corrected chi connectivity index (χ4v) is 2.17. The van der Waals surface area contributed by atoms with E-state index in [1.807, 2.05) is 0 Å². The van der Waals surface area contributed by atoms with E-state index >= 15 is 0 Å². The van der Waals surface area contributed by atoms with E-state index in [0.717, 1.165) is 38.9 Å². The van der Waals surface area contributed by atoms with Gasteiger partial charge in [0.15, 0.2) is 6.10 Å². The van der Waals surface area contributed by atoms with Gasteiger partial charge in [-0.3, -0.25) is 0 Å². The fourth-order valence-electron chi connectivity index (χ4n) is 2.17. The van der Waals surface area contributed by atoms with Crippen molar-refractivity contribution in [3.05, 3.63) is 0 Å². The number of rotatable bonds is 4. The molecule has 0 saturated carbocycles. The van der Waals surface area contributed by atoms with Crippen molar-refractivity contribution >= 4 is 6.47 Å². The van der Waals surface area contributed by atoms with Crippen LogP contribution in [0.15, 0.2) is 0 Å². The summed E-state index contributed by atoms with van der Waals surface area (Å²) >= 11 is 0. The first-order chi connectivity index (χ1) is 6.92. The van der Waals surface area contributed by atoms with E-state index in [9.17, 15) is 4.79 Å². The highest BCUT2D eigenvalue weighted by Crippen LogP contribution is 2.26. The molecule has 79 valence electrons.